The van der Waals surface area contributed by atoms with Crippen LogP contribution < -0.4 is 0 Å². The Bertz CT molecular complexity index is 591. The van der Waals surface area contributed by atoms with Gasteiger partial charge in [-0.1, -0.05) is 46.3 Å². The largest absolute Gasteiger partial charge is 0.390 e. The molecule has 2 saturated carbocycles. The molecule has 0 bridgehead atoms. The van der Waals surface area contributed by atoms with Gasteiger partial charge in [-0.05, 0) is 87.4 Å². The highest BCUT2D eigenvalue weighted by Crippen LogP contribution is 2.62. The highest BCUT2D eigenvalue weighted by Gasteiger charge is 2.56. The zero-order valence-electron chi connectivity index (χ0n) is 17.9. The molecule has 0 aromatic heterocycles. The molecule has 6 unspecified atom stereocenters. The minimum Gasteiger partial charge on any atom is -0.390 e. The molecular weight excluding hydrogens is 320 g/mol. The molecule has 1 N–H and O–H groups in total. The van der Waals surface area contributed by atoms with E-state index >= 15 is 0 Å². The Morgan fingerprint density at radius 2 is 1.96 bits per heavy atom. The van der Waals surface area contributed by atoms with Crippen molar-refractivity contribution in [1.29, 1.82) is 0 Å². The molecule has 0 saturated heterocycles. The monoisotopic (exact) mass is 360 g/mol. The van der Waals surface area contributed by atoms with Gasteiger partial charge in [0, 0.05) is 5.41 Å². The lowest BCUT2D eigenvalue weighted by atomic mass is 9.46. The van der Waals surface area contributed by atoms with E-state index in [0.717, 1.165) is 44.9 Å². The third kappa shape index (κ3) is 3.21. The predicted molar refractivity (Wildman–Crippen MR) is 108 cm³/mol. The van der Waals surface area contributed by atoms with Crippen LogP contribution in [-0.2, 0) is 4.79 Å². The normalized spacial score (nSPS) is 45.7. The van der Waals surface area contributed by atoms with Crippen LogP contribution in [-0.4, -0.2) is 16.5 Å². The quantitative estimate of drug-likeness (QED) is 0.631. The summed E-state index contributed by atoms with van der Waals surface area (Å²) in [5.41, 5.74) is 1.13. The number of carbonyl (C=O) groups is 1. The van der Waals surface area contributed by atoms with Gasteiger partial charge in [0.25, 0.3) is 0 Å². The lowest BCUT2D eigenvalue weighted by Gasteiger charge is -2.58. The van der Waals surface area contributed by atoms with Crippen LogP contribution >= 0.6 is 0 Å². The van der Waals surface area contributed by atoms with Crippen LogP contribution in [0.1, 0.15) is 92.9 Å². The molecule has 0 radical (unpaired) electrons. The molecule has 3 aliphatic rings. The SMILES string of the molecule is CC(=O)C1(C)CCC2C(CC=C3CC(O)(CCC(C)C)CCC32C)C1C. The summed E-state index contributed by atoms with van der Waals surface area (Å²) in [4.78, 5) is 12.3. The fourth-order valence-corrected chi connectivity index (χ4v) is 6.45. The first-order valence-corrected chi connectivity index (χ1v) is 10.9. The summed E-state index contributed by atoms with van der Waals surface area (Å²) >= 11 is 0. The van der Waals surface area contributed by atoms with Crippen LogP contribution in [0.15, 0.2) is 11.6 Å². The Morgan fingerprint density at radius 3 is 2.58 bits per heavy atom. The third-order valence-corrected chi connectivity index (χ3v) is 8.95. The Labute approximate surface area is 160 Å². The lowest BCUT2D eigenvalue weighted by molar-refractivity contribution is -0.137. The van der Waals surface area contributed by atoms with Crippen molar-refractivity contribution in [2.75, 3.05) is 0 Å². The number of aliphatic hydroxyl groups is 1. The van der Waals surface area contributed by atoms with Gasteiger partial charge in [-0.3, -0.25) is 4.79 Å². The van der Waals surface area contributed by atoms with Crippen molar-refractivity contribution >= 4 is 5.78 Å². The summed E-state index contributed by atoms with van der Waals surface area (Å²) in [5.74, 6) is 2.78. The first kappa shape index (κ1) is 20.1. The highest BCUT2D eigenvalue weighted by atomic mass is 16.3. The molecule has 3 rings (SSSR count). The number of ketones is 1. The third-order valence-electron chi connectivity index (χ3n) is 8.95. The van der Waals surface area contributed by atoms with E-state index in [1.54, 1.807) is 6.92 Å². The fourth-order valence-electron chi connectivity index (χ4n) is 6.45. The second-order valence-corrected chi connectivity index (χ2v) is 10.8. The Hall–Kier alpha value is -0.630. The summed E-state index contributed by atoms with van der Waals surface area (Å²) in [6.45, 7) is 13.3. The number of hydrogen-bond acceptors (Lipinski definition) is 2. The number of Topliss-reactive ketones (excluding diaryl/α,β-unsaturated/α-hetero) is 1. The van der Waals surface area contributed by atoms with Gasteiger partial charge in [0.05, 0.1) is 5.60 Å². The van der Waals surface area contributed by atoms with Crippen LogP contribution in [0, 0.1) is 34.5 Å². The van der Waals surface area contributed by atoms with E-state index in [0.29, 0.717) is 29.5 Å². The van der Waals surface area contributed by atoms with Crippen molar-refractivity contribution < 1.29 is 9.90 Å². The smallest absolute Gasteiger partial charge is 0.135 e. The fraction of sp³-hybridized carbons (Fsp3) is 0.875. The zero-order chi connectivity index (χ0) is 19.3. The molecule has 26 heavy (non-hydrogen) atoms. The Balaban J connectivity index is 1.82. The summed E-state index contributed by atoms with van der Waals surface area (Å²) in [5, 5.41) is 11.2. The molecule has 2 heteroatoms. The van der Waals surface area contributed by atoms with Crippen molar-refractivity contribution in [1.82, 2.24) is 0 Å². The van der Waals surface area contributed by atoms with E-state index < -0.39 is 5.60 Å². The summed E-state index contributed by atoms with van der Waals surface area (Å²) in [7, 11) is 0. The zero-order valence-corrected chi connectivity index (χ0v) is 17.9. The molecule has 0 aromatic rings. The first-order valence-electron chi connectivity index (χ1n) is 10.9. The molecule has 6 atom stereocenters. The summed E-state index contributed by atoms with van der Waals surface area (Å²) < 4.78 is 0. The molecule has 0 spiro atoms. The number of fused-ring (bicyclic) bond motifs is 3. The van der Waals surface area contributed by atoms with Gasteiger partial charge in [-0.25, -0.2) is 0 Å². The van der Waals surface area contributed by atoms with Crippen LogP contribution in [0.3, 0.4) is 0 Å². The van der Waals surface area contributed by atoms with E-state index in [-0.39, 0.29) is 10.8 Å². The van der Waals surface area contributed by atoms with Crippen molar-refractivity contribution in [2.24, 2.45) is 34.5 Å². The number of carbonyl (C=O) groups excluding carboxylic acids is 1. The minimum absolute atomic E-state index is 0.143. The Kier molecular flexibility index (Phi) is 5.23. The van der Waals surface area contributed by atoms with Crippen LogP contribution in [0.25, 0.3) is 0 Å². The number of hydrogen-bond donors (Lipinski definition) is 1. The lowest BCUT2D eigenvalue weighted by Crippen LogP contribution is -2.53. The van der Waals surface area contributed by atoms with E-state index in [9.17, 15) is 9.90 Å². The van der Waals surface area contributed by atoms with E-state index in [2.05, 4.69) is 40.7 Å². The summed E-state index contributed by atoms with van der Waals surface area (Å²) in [6.07, 6.45) is 10.7. The average molecular weight is 361 g/mol. The standard InChI is InChI=1S/C24H40O2/c1-16(2)9-12-24(26)14-13-23(6)19(15-24)7-8-20-17(3)22(5,18(4)25)11-10-21(20)23/h7,16-17,20-21,26H,8-15H2,1-6H3. The maximum atomic E-state index is 12.3. The topological polar surface area (TPSA) is 37.3 Å². The van der Waals surface area contributed by atoms with Crippen LogP contribution in [0.2, 0.25) is 0 Å². The van der Waals surface area contributed by atoms with E-state index in [4.69, 9.17) is 0 Å². The van der Waals surface area contributed by atoms with Gasteiger partial charge in [0.2, 0.25) is 0 Å². The molecule has 2 nitrogen and oxygen atoms in total. The van der Waals surface area contributed by atoms with Gasteiger partial charge < -0.3 is 5.11 Å². The Morgan fingerprint density at radius 1 is 1.27 bits per heavy atom. The molecular formula is C24H40O2. The maximum absolute atomic E-state index is 12.3. The predicted octanol–water partition coefficient (Wildman–Crippen LogP) is 5.93. The van der Waals surface area contributed by atoms with Gasteiger partial charge in [0.1, 0.15) is 5.78 Å². The van der Waals surface area contributed by atoms with Gasteiger partial charge in [0.15, 0.2) is 0 Å². The average Bonchev–Trinajstić information content (AvgIpc) is 2.57. The molecule has 0 heterocycles. The molecule has 0 aliphatic heterocycles. The van der Waals surface area contributed by atoms with E-state index in [1.165, 1.54) is 12.0 Å². The van der Waals surface area contributed by atoms with Crippen molar-refractivity contribution in [2.45, 2.75) is 98.5 Å². The van der Waals surface area contributed by atoms with Gasteiger partial charge in [-0.2, -0.15) is 0 Å². The van der Waals surface area contributed by atoms with Gasteiger partial charge in [-0.15, -0.1) is 0 Å². The number of rotatable bonds is 4. The highest BCUT2D eigenvalue weighted by molar-refractivity contribution is 5.82. The van der Waals surface area contributed by atoms with Crippen molar-refractivity contribution in [3.05, 3.63) is 11.6 Å². The van der Waals surface area contributed by atoms with Crippen molar-refractivity contribution in [3.8, 4) is 0 Å². The molecule has 2 fully saturated rings. The van der Waals surface area contributed by atoms with Gasteiger partial charge >= 0.3 is 0 Å². The molecule has 0 amide bonds. The first-order chi connectivity index (χ1) is 12.0. The van der Waals surface area contributed by atoms with Crippen LogP contribution in [0.4, 0.5) is 0 Å². The second-order valence-electron chi connectivity index (χ2n) is 10.8. The molecule has 0 aromatic carbocycles. The summed E-state index contributed by atoms with van der Waals surface area (Å²) in [6, 6.07) is 0. The van der Waals surface area contributed by atoms with Crippen LogP contribution in [0.5, 0.6) is 0 Å². The number of allylic oxidation sites excluding steroid dienone is 1. The second kappa shape index (κ2) is 6.76. The minimum atomic E-state index is -0.489. The maximum Gasteiger partial charge on any atom is 0.135 e. The van der Waals surface area contributed by atoms with E-state index in [1.807, 2.05) is 0 Å². The molecule has 3 aliphatic carbocycles. The van der Waals surface area contributed by atoms with Crippen molar-refractivity contribution in [3.63, 3.8) is 0 Å². The molecule has 148 valence electrons.